The summed E-state index contributed by atoms with van der Waals surface area (Å²) in [7, 11) is 0. The van der Waals surface area contributed by atoms with Gasteiger partial charge in [0.2, 0.25) is 0 Å². The summed E-state index contributed by atoms with van der Waals surface area (Å²) in [6.45, 7) is 0. The Morgan fingerprint density at radius 3 is 2.72 bits per heavy atom. The molecule has 0 saturated heterocycles. The Bertz CT molecular complexity index is 485. The van der Waals surface area contributed by atoms with Crippen LogP contribution in [0.1, 0.15) is 17.5 Å². The number of nitrogens with zero attached hydrogens (tertiary/aromatic N) is 1. The van der Waals surface area contributed by atoms with Crippen molar-refractivity contribution >= 4 is 0 Å². The third kappa shape index (κ3) is 3.93. The lowest BCUT2D eigenvalue weighted by Crippen LogP contribution is -2.23. The minimum absolute atomic E-state index is 0.0482. The Hall–Kier alpha value is -1.74. The van der Waals surface area contributed by atoms with E-state index < -0.39 is 0 Å². The van der Waals surface area contributed by atoms with Crippen LogP contribution in [0.3, 0.4) is 0 Å². The van der Waals surface area contributed by atoms with E-state index in [4.69, 9.17) is 5.73 Å². The lowest BCUT2D eigenvalue weighted by atomic mass is 10.0. The Balaban J connectivity index is 1.84. The van der Waals surface area contributed by atoms with Crippen LogP contribution in [0, 0.1) is 5.82 Å². The van der Waals surface area contributed by atoms with Crippen LogP contribution in [0.15, 0.2) is 48.8 Å². The predicted octanol–water partition coefficient (Wildman–Crippen LogP) is 2.72. The average Bonchev–Trinajstić information content (AvgIpc) is 2.38. The monoisotopic (exact) mass is 244 g/mol. The zero-order valence-electron chi connectivity index (χ0n) is 10.2. The molecule has 0 aliphatic heterocycles. The van der Waals surface area contributed by atoms with Gasteiger partial charge in [0.25, 0.3) is 0 Å². The highest BCUT2D eigenvalue weighted by Gasteiger charge is 2.05. The maximum atomic E-state index is 13.0. The van der Waals surface area contributed by atoms with Crippen molar-refractivity contribution in [3.63, 3.8) is 0 Å². The van der Waals surface area contributed by atoms with Gasteiger partial charge in [0, 0.05) is 18.4 Å². The molecule has 1 unspecified atom stereocenters. The molecule has 0 saturated carbocycles. The minimum Gasteiger partial charge on any atom is -0.327 e. The molecule has 1 aromatic heterocycles. The van der Waals surface area contributed by atoms with Crippen molar-refractivity contribution in [2.75, 3.05) is 0 Å². The molecule has 18 heavy (non-hydrogen) atoms. The van der Waals surface area contributed by atoms with E-state index in [0.717, 1.165) is 18.4 Å². The highest BCUT2D eigenvalue weighted by molar-refractivity contribution is 5.17. The summed E-state index contributed by atoms with van der Waals surface area (Å²) in [5.41, 5.74) is 8.20. The van der Waals surface area contributed by atoms with Crippen LogP contribution < -0.4 is 5.73 Å². The fourth-order valence-electron chi connectivity index (χ4n) is 1.97. The molecular weight excluding hydrogens is 227 g/mol. The zero-order chi connectivity index (χ0) is 12.8. The van der Waals surface area contributed by atoms with Gasteiger partial charge in [-0.2, -0.15) is 0 Å². The van der Waals surface area contributed by atoms with E-state index in [-0.39, 0.29) is 11.9 Å². The van der Waals surface area contributed by atoms with Gasteiger partial charge < -0.3 is 5.73 Å². The molecular formula is C15H17FN2. The second-order valence-electron chi connectivity index (χ2n) is 4.49. The first-order valence-corrected chi connectivity index (χ1v) is 6.13. The third-order valence-electron chi connectivity index (χ3n) is 2.91. The Morgan fingerprint density at radius 2 is 2.00 bits per heavy atom. The highest BCUT2D eigenvalue weighted by atomic mass is 19.1. The van der Waals surface area contributed by atoms with Crippen LogP contribution >= 0.6 is 0 Å². The Kier molecular flexibility index (Phi) is 4.42. The van der Waals surface area contributed by atoms with Gasteiger partial charge in [-0.05, 0) is 48.6 Å². The van der Waals surface area contributed by atoms with Gasteiger partial charge in [-0.3, -0.25) is 4.98 Å². The van der Waals surface area contributed by atoms with Crippen LogP contribution in [0.2, 0.25) is 0 Å². The van der Waals surface area contributed by atoms with E-state index in [2.05, 4.69) is 4.98 Å². The van der Waals surface area contributed by atoms with Gasteiger partial charge in [0.1, 0.15) is 5.82 Å². The fraction of sp³-hybridized carbons (Fsp3) is 0.267. The van der Waals surface area contributed by atoms with E-state index in [1.54, 1.807) is 18.3 Å². The SMILES string of the molecule is NC(CCc1cccnc1)Cc1cccc(F)c1. The molecule has 2 aromatic rings. The number of nitrogens with two attached hydrogens (primary N) is 1. The number of aromatic nitrogens is 1. The second-order valence-corrected chi connectivity index (χ2v) is 4.49. The van der Waals surface area contributed by atoms with E-state index in [9.17, 15) is 4.39 Å². The molecule has 3 heteroatoms. The summed E-state index contributed by atoms with van der Waals surface area (Å²) in [4.78, 5) is 4.07. The molecule has 0 aliphatic carbocycles. The lowest BCUT2D eigenvalue weighted by Gasteiger charge is -2.11. The van der Waals surface area contributed by atoms with Crippen LogP contribution in [0.4, 0.5) is 4.39 Å². The van der Waals surface area contributed by atoms with Gasteiger partial charge in [-0.25, -0.2) is 4.39 Å². The van der Waals surface area contributed by atoms with Crippen molar-refractivity contribution in [2.24, 2.45) is 5.73 Å². The number of rotatable bonds is 5. The molecule has 1 heterocycles. The maximum Gasteiger partial charge on any atom is 0.123 e. The van der Waals surface area contributed by atoms with E-state index >= 15 is 0 Å². The van der Waals surface area contributed by atoms with Crippen LogP contribution in [-0.4, -0.2) is 11.0 Å². The second kappa shape index (κ2) is 6.26. The molecule has 2 rings (SSSR count). The lowest BCUT2D eigenvalue weighted by molar-refractivity contribution is 0.598. The van der Waals surface area contributed by atoms with E-state index in [1.165, 1.54) is 11.6 Å². The van der Waals surface area contributed by atoms with Crippen molar-refractivity contribution in [2.45, 2.75) is 25.3 Å². The molecule has 2 nitrogen and oxygen atoms in total. The average molecular weight is 244 g/mol. The summed E-state index contributed by atoms with van der Waals surface area (Å²) >= 11 is 0. The maximum absolute atomic E-state index is 13.0. The normalized spacial score (nSPS) is 12.3. The molecule has 0 bridgehead atoms. The standard InChI is InChI=1S/C15H17FN2/c16-14-5-1-3-13(9-14)10-15(17)7-6-12-4-2-8-18-11-12/h1-5,8-9,11,15H,6-7,10,17H2. The molecule has 0 radical (unpaired) electrons. The van der Waals surface area contributed by atoms with Crippen molar-refractivity contribution in [3.8, 4) is 0 Å². The largest absolute Gasteiger partial charge is 0.327 e. The number of halogens is 1. The predicted molar refractivity (Wildman–Crippen MR) is 70.6 cm³/mol. The summed E-state index contributed by atoms with van der Waals surface area (Å²) in [5, 5.41) is 0. The molecule has 94 valence electrons. The van der Waals surface area contributed by atoms with Gasteiger partial charge in [0.05, 0.1) is 0 Å². The molecule has 0 spiro atoms. The van der Waals surface area contributed by atoms with Gasteiger partial charge in [-0.1, -0.05) is 18.2 Å². The number of hydrogen-bond donors (Lipinski definition) is 1. The third-order valence-corrected chi connectivity index (χ3v) is 2.91. The summed E-state index contributed by atoms with van der Waals surface area (Å²) in [5.74, 6) is -0.202. The number of benzene rings is 1. The topological polar surface area (TPSA) is 38.9 Å². The quantitative estimate of drug-likeness (QED) is 0.878. The van der Waals surface area contributed by atoms with E-state index in [1.807, 2.05) is 24.4 Å². The molecule has 0 fully saturated rings. The van der Waals surface area contributed by atoms with Gasteiger partial charge in [0.15, 0.2) is 0 Å². The fourth-order valence-corrected chi connectivity index (χ4v) is 1.97. The van der Waals surface area contributed by atoms with Crippen molar-refractivity contribution < 1.29 is 4.39 Å². The first-order valence-electron chi connectivity index (χ1n) is 6.13. The van der Waals surface area contributed by atoms with Gasteiger partial charge in [-0.15, -0.1) is 0 Å². The van der Waals surface area contributed by atoms with Crippen LogP contribution in [0.5, 0.6) is 0 Å². The first-order chi connectivity index (χ1) is 8.74. The van der Waals surface area contributed by atoms with E-state index in [0.29, 0.717) is 6.42 Å². The number of pyridine rings is 1. The minimum atomic E-state index is -0.202. The summed E-state index contributed by atoms with van der Waals surface area (Å²) in [6.07, 6.45) is 6.11. The van der Waals surface area contributed by atoms with Crippen LogP contribution in [0.25, 0.3) is 0 Å². The zero-order valence-corrected chi connectivity index (χ0v) is 10.2. The van der Waals surface area contributed by atoms with Crippen LogP contribution in [-0.2, 0) is 12.8 Å². The Labute approximate surface area is 107 Å². The molecule has 0 aliphatic rings. The highest BCUT2D eigenvalue weighted by Crippen LogP contribution is 2.09. The molecule has 0 amide bonds. The smallest absolute Gasteiger partial charge is 0.123 e. The first kappa shape index (κ1) is 12.7. The summed E-state index contributed by atoms with van der Waals surface area (Å²) in [6, 6.07) is 10.6. The van der Waals surface area contributed by atoms with Crippen molar-refractivity contribution in [3.05, 3.63) is 65.7 Å². The number of aryl methyl sites for hydroxylation is 1. The van der Waals surface area contributed by atoms with Crippen molar-refractivity contribution in [1.82, 2.24) is 4.98 Å². The number of hydrogen-bond acceptors (Lipinski definition) is 2. The molecule has 1 aromatic carbocycles. The molecule has 1 atom stereocenters. The van der Waals surface area contributed by atoms with Crippen molar-refractivity contribution in [1.29, 1.82) is 0 Å². The molecule has 2 N–H and O–H groups in total. The Morgan fingerprint density at radius 1 is 1.17 bits per heavy atom. The summed E-state index contributed by atoms with van der Waals surface area (Å²) < 4.78 is 13.0. The van der Waals surface area contributed by atoms with Gasteiger partial charge >= 0.3 is 0 Å².